The van der Waals surface area contributed by atoms with Crippen molar-refractivity contribution in [3.63, 3.8) is 0 Å². The van der Waals surface area contributed by atoms with Gasteiger partial charge in [-0.1, -0.05) is 46.9 Å². The van der Waals surface area contributed by atoms with Gasteiger partial charge in [0.15, 0.2) is 6.61 Å². The SMILES string of the molecule is COc1ccc(CN(C)C(=O)COc2cc(Cl)c(Cl)cc2Cl)cc1. The molecule has 0 aliphatic rings. The van der Waals surface area contributed by atoms with Gasteiger partial charge in [0, 0.05) is 19.7 Å². The number of likely N-dealkylation sites (N-methyl/N-ethyl adjacent to an activating group) is 1. The van der Waals surface area contributed by atoms with E-state index in [4.69, 9.17) is 44.3 Å². The molecule has 2 aromatic rings. The van der Waals surface area contributed by atoms with Gasteiger partial charge in [0.2, 0.25) is 0 Å². The van der Waals surface area contributed by atoms with Crippen molar-refractivity contribution in [1.29, 1.82) is 0 Å². The Kier molecular flexibility index (Phi) is 6.60. The maximum absolute atomic E-state index is 12.2. The maximum Gasteiger partial charge on any atom is 0.260 e. The minimum absolute atomic E-state index is 0.148. The fourth-order valence-electron chi connectivity index (χ4n) is 1.96. The summed E-state index contributed by atoms with van der Waals surface area (Å²) in [5, 5.41) is 0.946. The molecule has 1 amide bonds. The first-order valence-corrected chi connectivity index (χ1v) is 8.18. The van der Waals surface area contributed by atoms with Gasteiger partial charge in [-0.3, -0.25) is 4.79 Å². The summed E-state index contributed by atoms with van der Waals surface area (Å²) in [4.78, 5) is 13.7. The number of methoxy groups -OCH3 is 1. The van der Waals surface area contributed by atoms with Crippen LogP contribution in [0.5, 0.6) is 11.5 Å². The molecule has 4 nitrogen and oxygen atoms in total. The second-order valence-corrected chi connectivity index (χ2v) is 6.30. The molecule has 0 saturated heterocycles. The number of carbonyl (C=O) groups excluding carboxylic acids is 1. The van der Waals surface area contributed by atoms with E-state index in [1.54, 1.807) is 19.1 Å². The first kappa shape index (κ1) is 18.7. The monoisotopic (exact) mass is 387 g/mol. The molecule has 0 aromatic heterocycles. The summed E-state index contributed by atoms with van der Waals surface area (Å²) in [7, 11) is 3.31. The molecule has 24 heavy (non-hydrogen) atoms. The van der Waals surface area contributed by atoms with Crippen LogP contribution < -0.4 is 9.47 Å². The highest BCUT2D eigenvalue weighted by Crippen LogP contribution is 2.33. The predicted octanol–water partition coefficient (Wildman–Crippen LogP) is 4.69. The number of benzene rings is 2. The van der Waals surface area contributed by atoms with E-state index in [0.717, 1.165) is 11.3 Å². The number of halogens is 3. The molecule has 2 rings (SSSR count). The van der Waals surface area contributed by atoms with Gasteiger partial charge in [-0.15, -0.1) is 0 Å². The third-order valence-electron chi connectivity index (χ3n) is 3.33. The first-order chi connectivity index (χ1) is 11.4. The Morgan fingerprint density at radius 1 is 1.04 bits per heavy atom. The van der Waals surface area contributed by atoms with Crippen LogP contribution in [0, 0.1) is 0 Å². The lowest BCUT2D eigenvalue weighted by Gasteiger charge is -2.18. The molecular weight excluding hydrogens is 373 g/mol. The summed E-state index contributed by atoms with van der Waals surface area (Å²) in [5.74, 6) is 0.899. The molecular formula is C17H16Cl3NO3. The van der Waals surface area contributed by atoms with Crippen molar-refractivity contribution in [3.8, 4) is 11.5 Å². The van der Waals surface area contributed by atoms with Crippen molar-refractivity contribution >= 4 is 40.7 Å². The van der Waals surface area contributed by atoms with Gasteiger partial charge in [-0.05, 0) is 23.8 Å². The van der Waals surface area contributed by atoms with Crippen molar-refractivity contribution in [2.24, 2.45) is 0 Å². The number of rotatable bonds is 6. The highest BCUT2D eigenvalue weighted by atomic mass is 35.5. The lowest BCUT2D eigenvalue weighted by molar-refractivity contribution is -0.132. The van der Waals surface area contributed by atoms with Gasteiger partial charge in [0.05, 0.1) is 22.2 Å². The third kappa shape index (κ3) is 4.94. The van der Waals surface area contributed by atoms with E-state index in [1.807, 2.05) is 24.3 Å². The molecule has 0 heterocycles. The zero-order chi connectivity index (χ0) is 17.7. The van der Waals surface area contributed by atoms with Crippen molar-refractivity contribution in [2.75, 3.05) is 20.8 Å². The van der Waals surface area contributed by atoms with E-state index in [0.29, 0.717) is 27.4 Å². The van der Waals surface area contributed by atoms with Gasteiger partial charge in [0.1, 0.15) is 11.5 Å². The van der Waals surface area contributed by atoms with Gasteiger partial charge in [0.25, 0.3) is 5.91 Å². The second-order valence-electron chi connectivity index (χ2n) is 5.08. The quantitative estimate of drug-likeness (QED) is 0.674. The molecule has 0 bridgehead atoms. The lowest BCUT2D eigenvalue weighted by Crippen LogP contribution is -2.31. The molecule has 0 spiro atoms. The summed E-state index contributed by atoms with van der Waals surface area (Å²) in [6, 6.07) is 10.5. The summed E-state index contributed by atoms with van der Waals surface area (Å²) in [6.07, 6.45) is 0. The minimum Gasteiger partial charge on any atom is -0.497 e. The Balaban J connectivity index is 1.92. The normalized spacial score (nSPS) is 10.4. The minimum atomic E-state index is -0.187. The second kappa shape index (κ2) is 8.47. The molecule has 7 heteroatoms. The molecule has 0 fully saturated rings. The zero-order valence-electron chi connectivity index (χ0n) is 13.2. The van der Waals surface area contributed by atoms with Crippen molar-refractivity contribution in [1.82, 2.24) is 4.90 Å². The molecule has 0 aliphatic carbocycles. The summed E-state index contributed by atoms with van der Waals surface area (Å²) >= 11 is 17.8. The number of nitrogens with zero attached hydrogens (tertiary/aromatic N) is 1. The van der Waals surface area contributed by atoms with Gasteiger partial charge in [-0.2, -0.15) is 0 Å². The van der Waals surface area contributed by atoms with Crippen LogP contribution in [-0.4, -0.2) is 31.6 Å². The van der Waals surface area contributed by atoms with Crippen LogP contribution in [-0.2, 0) is 11.3 Å². The van der Waals surface area contributed by atoms with E-state index in [1.165, 1.54) is 12.1 Å². The highest BCUT2D eigenvalue weighted by molar-refractivity contribution is 6.43. The standard InChI is InChI=1S/C17H16Cl3NO3/c1-21(9-11-3-5-12(23-2)6-4-11)17(22)10-24-16-8-14(19)13(18)7-15(16)20/h3-8H,9-10H2,1-2H3. The van der Waals surface area contributed by atoms with Gasteiger partial charge >= 0.3 is 0 Å². The van der Waals surface area contributed by atoms with E-state index >= 15 is 0 Å². The Labute approximate surface area is 155 Å². The first-order valence-electron chi connectivity index (χ1n) is 7.05. The Morgan fingerprint density at radius 3 is 2.29 bits per heavy atom. The van der Waals surface area contributed by atoms with E-state index < -0.39 is 0 Å². The number of hydrogen-bond donors (Lipinski definition) is 0. The topological polar surface area (TPSA) is 38.8 Å². The Bertz CT molecular complexity index is 720. The van der Waals surface area contributed by atoms with Crippen LogP contribution >= 0.6 is 34.8 Å². The molecule has 0 unspecified atom stereocenters. The molecule has 0 atom stereocenters. The smallest absolute Gasteiger partial charge is 0.260 e. The van der Waals surface area contributed by atoms with Crippen molar-refractivity contribution in [3.05, 3.63) is 57.0 Å². The van der Waals surface area contributed by atoms with Crippen molar-refractivity contribution in [2.45, 2.75) is 6.54 Å². The molecule has 0 radical (unpaired) electrons. The van der Waals surface area contributed by atoms with Crippen LogP contribution in [0.1, 0.15) is 5.56 Å². The summed E-state index contributed by atoms with van der Waals surface area (Å²) in [6.45, 7) is 0.311. The summed E-state index contributed by atoms with van der Waals surface area (Å²) in [5.41, 5.74) is 0.985. The van der Waals surface area contributed by atoms with Crippen LogP contribution in [0.25, 0.3) is 0 Å². The van der Waals surface area contributed by atoms with Crippen molar-refractivity contribution < 1.29 is 14.3 Å². The molecule has 0 saturated carbocycles. The lowest BCUT2D eigenvalue weighted by atomic mass is 10.2. The number of ether oxygens (including phenoxy) is 2. The number of carbonyl (C=O) groups is 1. The van der Waals surface area contributed by atoms with Crippen LogP contribution in [0.3, 0.4) is 0 Å². The van der Waals surface area contributed by atoms with E-state index in [-0.39, 0.29) is 12.5 Å². The third-order valence-corrected chi connectivity index (χ3v) is 4.35. The maximum atomic E-state index is 12.2. The molecule has 0 aliphatic heterocycles. The zero-order valence-corrected chi connectivity index (χ0v) is 15.5. The van der Waals surface area contributed by atoms with Crippen LogP contribution in [0.2, 0.25) is 15.1 Å². The fourth-order valence-corrected chi connectivity index (χ4v) is 2.55. The molecule has 2 aromatic carbocycles. The average Bonchev–Trinajstić information content (AvgIpc) is 2.57. The Hall–Kier alpha value is -1.62. The van der Waals surface area contributed by atoms with E-state index in [9.17, 15) is 4.79 Å². The van der Waals surface area contributed by atoms with Crippen LogP contribution in [0.15, 0.2) is 36.4 Å². The molecule has 128 valence electrons. The predicted molar refractivity (Wildman–Crippen MR) is 96.4 cm³/mol. The summed E-state index contributed by atoms with van der Waals surface area (Å²) < 4.78 is 10.5. The highest BCUT2D eigenvalue weighted by Gasteiger charge is 2.13. The fraction of sp³-hybridized carbons (Fsp3) is 0.235. The number of amides is 1. The van der Waals surface area contributed by atoms with Gasteiger partial charge < -0.3 is 14.4 Å². The largest absolute Gasteiger partial charge is 0.497 e. The van der Waals surface area contributed by atoms with Gasteiger partial charge in [-0.25, -0.2) is 0 Å². The van der Waals surface area contributed by atoms with E-state index in [2.05, 4.69) is 0 Å². The average molecular weight is 389 g/mol. The molecule has 0 N–H and O–H groups in total. The number of hydrogen-bond acceptors (Lipinski definition) is 3. The van der Waals surface area contributed by atoms with Crippen LogP contribution in [0.4, 0.5) is 0 Å². The Morgan fingerprint density at radius 2 is 1.67 bits per heavy atom.